The Kier molecular flexibility index (Phi) is 3.70. The van der Waals surface area contributed by atoms with Gasteiger partial charge in [-0.15, -0.1) is 0 Å². The molecule has 5 rings (SSSR count). The molecule has 3 aromatic heterocycles. The van der Waals surface area contributed by atoms with Gasteiger partial charge in [0.25, 0.3) is 0 Å². The maximum atomic E-state index is 11.9. The van der Waals surface area contributed by atoms with Crippen molar-refractivity contribution >= 4 is 33.7 Å². The number of nitrogens with one attached hydrogen (secondary N) is 1. The maximum absolute atomic E-state index is 11.9. The zero-order valence-electron chi connectivity index (χ0n) is 15.6. The predicted molar refractivity (Wildman–Crippen MR) is 113 cm³/mol. The number of para-hydroxylation sites is 1. The fraction of sp³-hybridized carbons (Fsp3) is 0.0909. The van der Waals surface area contributed by atoms with Crippen molar-refractivity contribution in [3.63, 3.8) is 0 Å². The van der Waals surface area contributed by atoms with Crippen LogP contribution in [0.15, 0.2) is 62.1 Å². The van der Waals surface area contributed by atoms with Crippen LogP contribution in [0.5, 0.6) is 0 Å². The molecule has 0 radical (unpaired) electrons. The van der Waals surface area contributed by atoms with Crippen LogP contribution in [-0.4, -0.2) is 31.5 Å². The van der Waals surface area contributed by atoms with Gasteiger partial charge < -0.3 is 11.1 Å². The summed E-state index contributed by atoms with van der Waals surface area (Å²) in [7, 11) is 0. The largest absolute Gasteiger partial charge is 0.382 e. The number of nitrogen functional groups attached to an aromatic ring is 1. The van der Waals surface area contributed by atoms with Crippen molar-refractivity contribution in [2.75, 3.05) is 5.73 Å². The van der Waals surface area contributed by atoms with E-state index >= 15 is 0 Å². The SMILES string of the molecule is C=CC(=O)N[C@H]1Cc2c(c(-c3cnc4ccccc4c3)c3c(N)ncnn23)C1=C. The van der Waals surface area contributed by atoms with Gasteiger partial charge in [-0.3, -0.25) is 9.78 Å². The topological polar surface area (TPSA) is 98.2 Å². The van der Waals surface area contributed by atoms with Gasteiger partial charge in [-0.2, -0.15) is 5.10 Å². The molecule has 142 valence electrons. The Morgan fingerprint density at radius 3 is 2.93 bits per heavy atom. The van der Waals surface area contributed by atoms with Crippen molar-refractivity contribution in [3.8, 4) is 11.1 Å². The zero-order chi connectivity index (χ0) is 20.1. The van der Waals surface area contributed by atoms with E-state index in [4.69, 9.17) is 5.73 Å². The number of anilines is 1. The van der Waals surface area contributed by atoms with Gasteiger partial charge in [-0.1, -0.05) is 31.4 Å². The Morgan fingerprint density at radius 2 is 2.10 bits per heavy atom. The molecule has 0 aliphatic heterocycles. The monoisotopic (exact) mass is 382 g/mol. The van der Waals surface area contributed by atoms with E-state index < -0.39 is 0 Å². The normalized spacial score (nSPS) is 15.6. The second-order valence-corrected chi connectivity index (χ2v) is 7.01. The molecule has 1 aliphatic rings. The van der Waals surface area contributed by atoms with Gasteiger partial charge in [-0.25, -0.2) is 9.50 Å². The number of amides is 1. The highest BCUT2D eigenvalue weighted by molar-refractivity contribution is 6.01. The number of benzene rings is 1. The Bertz CT molecular complexity index is 1340. The van der Waals surface area contributed by atoms with Crippen LogP contribution in [0.4, 0.5) is 5.82 Å². The Morgan fingerprint density at radius 1 is 1.28 bits per heavy atom. The predicted octanol–water partition coefficient (Wildman–Crippen LogP) is 2.77. The van der Waals surface area contributed by atoms with Crippen molar-refractivity contribution in [3.05, 3.63) is 73.3 Å². The molecule has 1 amide bonds. The lowest BCUT2D eigenvalue weighted by Gasteiger charge is -2.15. The highest BCUT2D eigenvalue weighted by atomic mass is 16.1. The van der Waals surface area contributed by atoms with Crippen LogP contribution < -0.4 is 11.1 Å². The van der Waals surface area contributed by atoms with Crippen molar-refractivity contribution in [1.29, 1.82) is 0 Å². The van der Waals surface area contributed by atoms with Gasteiger partial charge in [0.15, 0.2) is 5.82 Å². The average molecular weight is 382 g/mol. The number of pyridine rings is 1. The summed E-state index contributed by atoms with van der Waals surface area (Å²) in [4.78, 5) is 20.7. The molecule has 4 aromatic rings. The summed E-state index contributed by atoms with van der Waals surface area (Å²) in [6, 6.07) is 9.78. The number of hydrogen-bond donors (Lipinski definition) is 2. The van der Waals surface area contributed by atoms with Crippen molar-refractivity contribution < 1.29 is 4.79 Å². The van der Waals surface area contributed by atoms with Crippen molar-refractivity contribution in [2.45, 2.75) is 12.5 Å². The van der Waals surface area contributed by atoms with E-state index in [2.05, 4.69) is 39.6 Å². The van der Waals surface area contributed by atoms with Crippen LogP contribution in [0.3, 0.4) is 0 Å². The summed E-state index contributed by atoms with van der Waals surface area (Å²) >= 11 is 0. The first-order valence-electron chi connectivity index (χ1n) is 9.19. The maximum Gasteiger partial charge on any atom is 0.243 e. The minimum Gasteiger partial charge on any atom is -0.382 e. The van der Waals surface area contributed by atoms with E-state index in [1.165, 1.54) is 12.4 Å². The molecule has 3 heterocycles. The molecular weight excluding hydrogens is 364 g/mol. The lowest BCUT2D eigenvalue weighted by atomic mass is 9.98. The second kappa shape index (κ2) is 6.27. The lowest BCUT2D eigenvalue weighted by Crippen LogP contribution is -2.33. The first kappa shape index (κ1) is 17.1. The fourth-order valence-electron chi connectivity index (χ4n) is 4.06. The van der Waals surface area contributed by atoms with Crippen LogP contribution in [0, 0.1) is 0 Å². The van der Waals surface area contributed by atoms with Gasteiger partial charge >= 0.3 is 0 Å². The highest BCUT2D eigenvalue weighted by Gasteiger charge is 2.35. The first-order chi connectivity index (χ1) is 14.1. The van der Waals surface area contributed by atoms with Gasteiger partial charge in [0.1, 0.15) is 11.8 Å². The van der Waals surface area contributed by atoms with Crippen LogP contribution >= 0.6 is 0 Å². The van der Waals surface area contributed by atoms with Crippen LogP contribution in [-0.2, 0) is 11.2 Å². The summed E-state index contributed by atoms with van der Waals surface area (Å²) in [5, 5.41) is 8.38. The van der Waals surface area contributed by atoms with E-state index in [1.54, 1.807) is 4.52 Å². The molecule has 7 heteroatoms. The molecule has 0 bridgehead atoms. The van der Waals surface area contributed by atoms with Gasteiger partial charge in [0.05, 0.1) is 17.3 Å². The number of rotatable bonds is 3. The highest BCUT2D eigenvalue weighted by Crippen LogP contribution is 2.44. The van der Waals surface area contributed by atoms with Crippen LogP contribution in [0.2, 0.25) is 0 Å². The van der Waals surface area contributed by atoms with Crippen molar-refractivity contribution in [2.24, 2.45) is 0 Å². The number of fused-ring (bicyclic) bond motifs is 4. The van der Waals surface area contributed by atoms with E-state index in [0.29, 0.717) is 12.2 Å². The second-order valence-electron chi connectivity index (χ2n) is 7.01. The van der Waals surface area contributed by atoms with Gasteiger partial charge in [0, 0.05) is 34.7 Å². The Balaban J connectivity index is 1.77. The van der Waals surface area contributed by atoms with Gasteiger partial charge in [-0.05, 0) is 23.8 Å². The van der Waals surface area contributed by atoms with E-state index in [0.717, 1.165) is 44.4 Å². The van der Waals surface area contributed by atoms with Crippen molar-refractivity contribution in [1.82, 2.24) is 24.9 Å². The third-order valence-electron chi connectivity index (χ3n) is 5.37. The Hall–Kier alpha value is -4.00. The number of aromatic nitrogens is 4. The number of nitrogens with two attached hydrogens (primary N) is 1. The van der Waals surface area contributed by atoms with E-state index in [1.807, 2.05) is 30.5 Å². The molecule has 1 aliphatic carbocycles. The summed E-state index contributed by atoms with van der Waals surface area (Å²) in [5.74, 6) is 0.149. The zero-order valence-corrected chi connectivity index (χ0v) is 15.6. The number of carbonyl (C=O) groups is 1. The standard InChI is InChI=1S/C22H18N6O/c1-3-18(29)27-16-9-17-19(12(16)2)20(21-22(23)25-11-26-28(17)21)14-8-13-6-4-5-7-15(13)24-10-14/h3-8,10-11,16H,1-2,9H2,(H,27,29)(H2,23,25,26)/t16-/m0/s1. The molecule has 3 N–H and O–H groups in total. The Labute approximate surface area is 166 Å². The molecule has 0 spiro atoms. The molecule has 7 nitrogen and oxygen atoms in total. The molecule has 0 saturated heterocycles. The molecule has 1 atom stereocenters. The summed E-state index contributed by atoms with van der Waals surface area (Å²) in [6.07, 6.45) is 5.08. The minimum absolute atomic E-state index is 0.231. The minimum atomic E-state index is -0.237. The van der Waals surface area contributed by atoms with E-state index in [-0.39, 0.29) is 11.9 Å². The quantitative estimate of drug-likeness (QED) is 0.531. The van der Waals surface area contributed by atoms with E-state index in [9.17, 15) is 4.79 Å². The first-order valence-corrected chi connectivity index (χ1v) is 9.19. The molecule has 0 saturated carbocycles. The number of hydrogen-bond acceptors (Lipinski definition) is 5. The molecule has 0 fully saturated rings. The lowest BCUT2D eigenvalue weighted by molar-refractivity contribution is -0.116. The average Bonchev–Trinajstić information content (AvgIpc) is 3.23. The van der Waals surface area contributed by atoms with Crippen LogP contribution in [0.25, 0.3) is 33.1 Å². The molecule has 29 heavy (non-hydrogen) atoms. The molecule has 0 unspecified atom stereocenters. The third kappa shape index (κ3) is 2.51. The summed E-state index contributed by atoms with van der Waals surface area (Å²) < 4.78 is 1.80. The van der Waals surface area contributed by atoms with Crippen LogP contribution in [0.1, 0.15) is 11.3 Å². The summed E-state index contributed by atoms with van der Waals surface area (Å²) in [5.41, 5.74) is 12.4. The fourth-order valence-corrected chi connectivity index (χ4v) is 4.06. The smallest absolute Gasteiger partial charge is 0.243 e. The number of carbonyl (C=O) groups excluding carboxylic acids is 1. The molecular formula is C22H18N6O. The summed E-state index contributed by atoms with van der Waals surface area (Å²) in [6.45, 7) is 7.79. The number of nitrogens with zero attached hydrogens (tertiary/aromatic N) is 4. The third-order valence-corrected chi connectivity index (χ3v) is 5.37. The molecule has 1 aromatic carbocycles. The van der Waals surface area contributed by atoms with Gasteiger partial charge in [0.2, 0.25) is 5.91 Å².